The number of para-hydroxylation sites is 1. The molecule has 0 spiro atoms. The molecule has 114 valence electrons. The van der Waals surface area contributed by atoms with Crippen LogP contribution in [0.4, 0.5) is 0 Å². The molecule has 1 N–H and O–H groups in total. The van der Waals surface area contributed by atoms with Gasteiger partial charge in [0.25, 0.3) is 0 Å². The molecule has 22 heavy (non-hydrogen) atoms. The molecule has 0 unspecified atom stereocenters. The minimum absolute atomic E-state index is 0.149. The van der Waals surface area contributed by atoms with Crippen LogP contribution in [0.25, 0.3) is 6.08 Å². The van der Waals surface area contributed by atoms with Gasteiger partial charge in [-0.05, 0) is 30.4 Å². The van der Waals surface area contributed by atoms with Crippen LogP contribution >= 0.6 is 0 Å². The van der Waals surface area contributed by atoms with Crippen molar-refractivity contribution in [1.29, 1.82) is 0 Å². The van der Waals surface area contributed by atoms with E-state index in [9.17, 15) is 4.79 Å². The number of hydrogen-bond acceptors (Lipinski definition) is 3. The highest BCUT2D eigenvalue weighted by atomic mass is 16.5. The Morgan fingerprint density at radius 3 is 2.86 bits per heavy atom. The van der Waals surface area contributed by atoms with Crippen molar-refractivity contribution in [2.75, 3.05) is 7.11 Å². The van der Waals surface area contributed by atoms with Crippen molar-refractivity contribution < 1.29 is 9.53 Å². The number of carbonyl (C=O) groups excluding carboxylic acids is 1. The first-order chi connectivity index (χ1) is 10.7. The normalized spacial score (nSPS) is 11.2. The number of nitrogens with zero attached hydrogens (tertiary/aromatic N) is 2. The highest BCUT2D eigenvalue weighted by Crippen LogP contribution is 2.18. The van der Waals surface area contributed by atoms with Gasteiger partial charge >= 0.3 is 0 Å². The lowest BCUT2D eigenvalue weighted by molar-refractivity contribution is -0.120. The summed E-state index contributed by atoms with van der Waals surface area (Å²) in [5.41, 5.74) is 4.39. The van der Waals surface area contributed by atoms with Crippen molar-refractivity contribution in [2.45, 2.75) is 6.42 Å². The first-order valence-corrected chi connectivity index (χ1v) is 6.92. The number of hydrogen-bond donors (Lipinski definition) is 1. The van der Waals surface area contributed by atoms with Crippen molar-refractivity contribution in [3.63, 3.8) is 0 Å². The second kappa shape index (κ2) is 7.83. The number of aromatic nitrogens is 1. The van der Waals surface area contributed by atoms with Crippen molar-refractivity contribution in [3.8, 4) is 5.75 Å². The number of benzene rings is 1. The number of hydrazone groups is 1. The molecule has 2 aromatic rings. The van der Waals surface area contributed by atoms with E-state index in [-0.39, 0.29) is 5.91 Å². The lowest BCUT2D eigenvalue weighted by Gasteiger charge is -2.02. The van der Waals surface area contributed by atoms with E-state index >= 15 is 0 Å². The number of nitrogens with one attached hydrogen (secondary N) is 1. The molecule has 1 aromatic carbocycles. The number of carbonyl (C=O) groups is 1. The first-order valence-electron chi connectivity index (χ1n) is 6.92. The van der Waals surface area contributed by atoms with Crippen LogP contribution in [0.1, 0.15) is 11.3 Å². The van der Waals surface area contributed by atoms with E-state index in [4.69, 9.17) is 4.74 Å². The van der Waals surface area contributed by atoms with Crippen molar-refractivity contribution in [2.24, 2.45) is 12.1 Å². The van der Waals surface area contributed by atoms with Gasteiger partial charge in [-0.1, -0.05) is 18.2 Å². The van der Waals surface area contributed by atoms with E-state index in [1.165, 1.54) is 6.21 Å². The Kier molecular flexibility index (Phi) is 5.54. The standard InChI is InChI=1S/C17H19N3O2/c1-20-12-6-9-15(20)13-17(21)19-18-11-5-8-14-7-3-4-10-16(14)22-2/h3-12H,13H2,1-2H3,(H,19,21)/b8-5+,18-11?. The van der Waals surface area contributed by atoms with Crippen molar-refractivity contribution >= 4 is 18.2 Å². The summed E-state index contributed by atoms with van der Waals surface area (Å²) in [5.74, 6) is 0.642. The largest absolute Gasteiger partial charge is 0.496 e. The summed E-state index contributed by atoms with van der Waals surface area (Å²) in [6.45, 7) is 0. The Morgan fingerprint density at radius 1 is 1.32 bits per heavy atom. The summed E-state index contributed by atoms with van der Waals surface area (Å²) in [4.78, 5) is 11.7. The van der Waals surface area contributed by atoms with E-state index in [0.717, 1.165) is 17.0 Å². The number of aryl methyl sites for hydroxylation is 1. The number of rotatable bonds is 6. The van der Waals surface area contributed by atoms with E-state index in [0.29, 0.717) is 6.42 Å². The maximum absolute atomic E-state index is 11.7. The second-order valence-corrected chi connectivity index (χ2v) is 4.70. The summed E-state index contributed by atoms with van der Waals surface area (Å²) >= 11 is 0. The molecule has 0 aliphatic heterocycles. The van der Waals surface area contributed by atoms with Crippen molar-refractivity contribution in [3.05, 3.63) is 59.9 Å². The molecular weight excluding hydrogens is 278 g/mol. The molecule has 0 radical (unpaired) electrons. The fourth-order valence-electron chi connectivity index (χ4n) is 1.99. The van der Waals surface area contributed by atoms with Crippen LogP contribution in [0.5, 0.6) is 5.75 Å². The molecule has 1 heterocycles. The van der Waals surface area contributed by atoms with Gasteiger partial charge < -0.3 is 9.30 Å². The van der Waals surface area contributed by atoms with Crippen LogP contribution < -0.4 is 10.2 Å². The highest BCUT2D eigenvalue weighted by Gasteiger charge is 2.03. The Bertz CT molecular complexity index is 687. The van der Waals surface area contributed by atoms with Crippen LogP contribution in [0, 0.1) is 0 Å². The average Bonchev–Trinajstić information content (AvgIpc) is 2.92. The average molecular weight is 297 g/mol. The molecular formula is C17H19N3O2. The quantitative estimate of drug-likeness (QED) is 0.657. The Morgan fingerprint density at radius 2 is 2.14 bits per heavy atom. The summed E-state index contributed by atoms with van der Waals surface area (Å²) in [6.07, 6.45) is 7.36. The van der Waals surface area contributed by atoms with E-state index in [2.05, 4.69) is 10.5 Å². The molecule has 0 atom stereocenters. The van der Waals surface area contributed by atoms with Crippen LogP contribution in [-0.4, -0.2) is 23.8 Å². The minimum atomic E-state index is -0.149. The van der Waals surface area contributed by atoms with Gasteiger partial charge in [-0.15, -0.1) is 0 Å². The molecule has 1 amide bonds. The fraction of sp³-hybridized carbons (Fsp3) is 0.176. The second-order valence-electron chi connectivity index (χ2n) is 4.70. The van der Waals surface area contributed by atoms with Gasteiger partial charge in [-0.25, -0.2) is 5.43 Å². The highest BCUT2D eigenvalue weighted by molar-refractivity contribution is 5.82. The zero-order valence-corrected chi connectivity index (χ0v) is 12.7. The maximum Gasteiger partial charge on any atom is 0.245 e. The molecule has 0 fully saturated rings. The van der Waals surface area contributed by atoms with Gasteiger partial charge in [0.1, 0.15) is 5.75 Å². The molecule has 5 heteroatoms. The van der Waals surface area contributed by atoms with Gasteiger partial charge in [0.2, 0.25) is 5.91 Å². The summed E-state index contributed by atoms with van der Waals surface area (Å²) in [6, 6.07) is 11.5. The van der Waals surface area contributed by atoms with Gasteiger partial charge in [-0.2, -0.15) is 5.10 Å². The third kappa shape index (κ3) is 4.34. The third-order valence-corrected chi connectivity index (χ3v) is 3.16. The third-order valence-electron chi connectivity index (χ3n) is 3.16. The smallest absolute Gasteiger partial charge is 0.245 e. The number of methoxy groups -OCH3 is 1. The summed E-state index contributed by atoms with van der Waals surface area (Å²) in [7, 11) is 3.53. The minimum Gasteiger partial charge on any atom is -0.496 e. The summed E-state index contributed by atoms with van der Waals surface area (Å²) in [5, 5.41) is 3.89. The zero-order chi connectivity index (χ0) is 15.8. The van der Waals surface area contributed by atoms with Gasteiger partial charge in [0, 0.05) is 30.7 Å². The van der Waals surface area contributed by atoms with E-state index in [1.807, 2.05) is 60.3 Å². The molecule has 5 nitrogen and oxygen atoms in total. The van der Waals surface area contributed by atoms with Crippen LogP contribution in [0.3, 0.4) is 0 Å². The first kappa shape index (κ1) is 15.6. The molecule has 0 aliphatic rings. The molecule has 2 rings (SSSR count). The van der Waals surface area contributed by atoms with Crippen LogP contribution in [0.2, 0.25) is 0 Å². The Labute approximate surface area is 129 Å². The van der Waals surface area contributed by atoms with Gasteiger partial charge in [0.05, 0.1) is 13.5 Å². The number of allylic oxidation sites excluding steroid dienone is 1. The Balaban J connectivity index is 1.84. The van der Waals surface area contributed by atoms with Crippen LogP contribution in [0.15, 0.2) is 53.8 Å². The fourth-order valence-corrected chi connectivity index (χ4v) is 1.99. The monoisotopic (exact) mass is 297 g/mol. The molecule has 0 bridgehead atoms. The number of ether oxygens (including phenoxy) is 1. The lowest BCUT2D eigenvalue weighted by atomic mass is 10.2. The Hall–Kier alpha value is -2.82. The van der Waals surface area contributed by atoms with Gasteiger partial charge in [0.15, 0.2) is 0 Å². The molecule has 1 aromatic heterocycles. The zero-order valence-electron chi connectivity index (χ0n) is 12.7. The SMILES string of the molecule is COc1ccccc1/C=C/C=NNC(=O)Cc1cccn1C. The van der Waals surface area contributed by atoms with Crippen molar-refractivity contribution in [1.82, 2.24) is 9.99 Å². The molecule has 0 saturated heterocycles. The van der Waals surface area contributed by atoms with E-state index in [1.54, 1.807) is 13.2 Å². The molecule has 0 aliphatic carbocycles. The lowest BCUT2D eigenvalue weighted by Crippen LogP contribution is -2.20. The number of amides is 1. The summed E-state index contributed by atoms with van der Waals surface area (Å²) < 4.78 is 7.15. The van der Waals surface area contributed by atoms with Gasteiger partial charge in [-0.3, -0.25) is 4.79 Å². The van der Waals surface area contributed by atoms with Crippen LogP contribution in [-0.2, 0) is 18.3 Å². The maximum atomic E-state index is 11.7. The van der Waals surface area contributed by atoms with E-state index < -0.39 is 0 Å². The molecule has 0 saturated carbocycles. The predicted molar refractivity (Wildman–Crippen MR) is 87.8 cm³/mol. The predicted octanol–water partition coefficient (Wildman–Crippen LogP) is 2.39. The topological polar surface area (TPSA) is 55.6 Å².